The molecular weight excluding hydrogens is 168 g/mol. The van der Waals surface area contributed by atoms with E-state index in [9.17, 15) is 4.79 Å². The van der Waals surface area contributed by atoms with E-state index in [4.69, 9.17) is 0 Å². The first kappa shape index (κ1) is 7.35. The van der Waals surface area contributed by atoms with Crippen LogP contribution in [0.5, 0.6) is 0 Å². The van der Waals surface area contributed by atoms with Crippen LogP contribution in [0.3, 0.4) is 0 Å². The van der Waals surface area contributed by atoms with E-state index >= 15 is 0 Å². The smallest absolute Gasteiger partial charge is 0.296 e. The average Bonchev–Trinajstić information content (AvgIpc) is 2.97. The molecule has 0 atom stereocenters. The summed E-state index contributed by atoms with van der Waals surface area (Å²) in [6, 6.07) is 0. The maximum atomic E-state index is 11.3. The monoisotopic (exact) mass is 180 g/mol. The van der Waals surface area contributed by atoms with E-state index in [0.717, 1.165) is 25.2 Å². The number of rotatable bonds is 3. The van der Waals surface area contributed by atoms with E-state index in [1.54, 1.807) is 4.57 Å². The van der Waals surface area contributed by atoms with E-state index in [1.807, 2.05) is 0 Å². The summed E-state index contributed by atoms with van der Waals surface area (Å²) in [5, 5.41) is 3.83. The molecule has 0 saturated heterocycles. The van der Waals surface area contributed by atoms with Crippen molar-refractivity contribution in [3.63, 3.8) is 0 Å². The molecule has 4 nitrogen and oxygen atoms in total. The van der Waals surface area contributed by atoms with E-state index in [2.05, 4.69) is 9.68 Å². The minimum Gasteiger partial charge on any atom is -0.296 e. The van der Waals surface area contributed by atoms with Crippen molar-refractivity contribution in [1.82, 2.24) is 9.72 Å². The van der Waals surface area contributed by atoms with E-state index in [1.165, 1.54) is 12.8 Å². The molecule has 3 rings (SSSR count). The fourth-order valence-electron chi connectivity index (χ4n) is 1.64. The van der Waals surface area contributed by atoms with Crippen LogP contribution >= 0.6 is 0 Å². The second-order valence-electron chi connectivity index (χ2n) is 4.13. The van der Waals surface area contributed by atoms with Gasteiger partial charge in [0.15, 0.2) is 5.82 Å². The Bertz CT molecular complexity index is 371. The van der Waals surface area contributed by atoms with Crippen LogP contribution in [-0.4, -0.2) is 9.72 Å². The van der Waals surface area contributed by atoms with Gasteiger partial charge in [-0.3, -0.25) is 9.09 Å². The lowest BCUT2D eigenvalue weighted by molar-refractivity contribution is 0.371. The zero-order valence-electron chi connectivity index (χ0n) is 7.40. The molecule has 2 saturated carbocycles. The molecule has 2 fully saturated rings. The number of nitrogens with zero attached hydrogens (tertiary/aromatic N) is 2. The Labute approximate surface area is 75.5 Å². The van der Waals surface area contributed by atoms with Crippen molar-refractivity contribution < 1.29 is 4.52 Å². The van der Waals surface area contributed by atoms with Gasteiger partial charge in [-0.1, -0.05) is 5.16 Å². The summed E-state index contributed by atoms with van der Waals surface area (Å²) in [7, 11) is 0. The van der Waals surface area contributed by atoms with Crippen molar-refractivity contribution in [2.24, 2.45) is 5.92 Å². The van der Waals surface area contributed by atoms with E-state index < -0.39 is 0 Å². The van der Waals surface area contributed by atoms with Crippen LogP contribution in [-0.2, 0) is 6.54 Å². The molecule has 0 amide bonds. The van der Waals surface area contributed by atoms with Gasteiger partial charge < -0.3 is 0 Å². The third-order valence-electron chi connectivity index (χ3n) is 2.79. The van der Waals surface area contributed by atoms with Crippen molar-refractivity contribution in [3.8, 4) is 0 Å². The summed E-state index contributed by atoms with van der Waals surface area (Å²) in [5.41, 5.74) is 0. The molecule has 1 aromatic heterocycles. The fourth-order valence-corrected chi connectivity index (χ4v) is 1.64. The third kappa shape index (κ3) is 1.30. The highest BCUT2D eigenvalue weighted by Gasteiger charge is 2.32. The minimum atomic E-state index is -0.270. The zero-order chi connectivity index (χ0) is 8.84. The Morgan fingerprint density at radius 2 is 2.15 bits per heavy atom. The largest absolute Gasteiger partial charge is 0.441 e. The maximum absolute atomic E-state index is 11.3. The van der Waals surface area contributed by atoms with Gasteiger partial charge in [0.1, 0.15) is 0 Å². The van der Waals surface area contributed by atoms with Crippen LogP contribution in [0.2, 0.25) is 0 Å². The number of aromatic nitrogens is 2. The van der Waals surface area contributed by atoms with Crippen LogP contribution in [0.4, 0.5) is 0 Å². The van der Waals surface area contributed by atoms with Crippen molar-refractivity contribution in [2.75, 3.05) is 0 Å². The second-order valence-corrected chi connectivity index (χ2v) is 4.13. The standard InChI is InChI=1S/C9H12N2O2/c12-9-11(5-6-1-2-6)8(10-13-9)7-3-4-7/h6-7H,1-5H2. The van der Waals surface area contributed by atoms with Crippen molar-refractivity contribution in [3.05, 3.63) is 16.4 Å². The molecule has 1 heterocycles. The molecule has 70 valence electrons. The topological polar surface area (TPSA) is 48.0 Å². The molecule has 1 aromatic rings. The molecule has 0 bridgehead atoms. The van der Waals surface area contributed by atoms with Crippen LogP contribution in [0.25, 0.3) is 0 Å². The summed E-state index contributed by atoms with van der Waals surface area (Å²) in [6.45, 7) is 0.828. The average molecular weight is 180 g/mol. The van der Waals surface area contributed by atoms with Gasteiger partial charge in [0.25, 0.3) is 0 Å². The van der Waals surface area contributed by atoms with E-state index in [-0.39, 0.29) is 5.76 Å². The van der Waals surface area contributed by atoms with Gasteiger partial charge in [-0.25, -0.2) is 4.79 Å². The first-order valence-corrected chi connectivity index (χ1v) is 4.91. The van der Waals surface area contributed by atoms with Crippen LogP contribution in [0, 0.1) is 5.92 Å². The van der Waals surface area contributed by atoms with Crippen molar-refractivity contribution >= 4 is 0 Å². The second kappa shape index (κ2) is 2.47. The Balaban J connectivity index is 1.93. The zero-order valence-corrected chi connectivity index (χ0v) is 7.40. The lowest BCUT2D eigenvalue weighted by atomic mass is 10.3. The van der Waals surface area contributed by atoms with Gasteiger partial charge in [0.05, 0.1) is 0 Å². The Morgan fingerprint density at radius 1 is 1.38 bits per heavy atom. The Kier molecular flexibility index (Phi) is 1.39. The first-order valence-electron chi connectivity index (χ1n) is 4.91. The predicted octanol–water partition coefficient (Wildman–Crippen LogP) is 1.12. The van der Waals surface area contributed by atoms with E-state index in [0.29, 0.717) is 11.8 Å². The molecular formula is C9H12N2O2. The van der Waals surface area contributed by atoms with Gasteiger partial charge in [-0.2, -0.15) is 0 Å². The third-order valence-corrected chi connectivity index (χ3v) is 2.79. The molecule has 0 aromatic carbocycles. The molecule has 0 N–H and O–H groups in total. The molecule has 0 radical (unpaired) electrons. The van der Waals surface area contributed by atoms with Gasteiger partial charge in [-0.15, -0.1) is 0 Å². The van der Waals surface area contributed by atoms with Crippen molar-refractivity contribution in [2.45, 2.75) is 38.1 Å². The van der Waals surface area contributed by atoms with Gasteiger partial charge in [0, 0.05) is 12.5 Å². The summed E-state index contributed by atoms with van der Waals surface area (Å²) in [6.07, 6.45) is 4.83. The highest BCUT2D eigenvalue weighted by atomic mass is 16.5. The lowest BCUT2D eigenvalue weighted by Crippen LogP contribution is -2.17. The van der Waals surface area contributed by atoms with Gasteiger partial charge >= 0.3 is 5.76 Å². The van der Waals surface area contributed by atoms with Crippen molar-refractivity contribution in [1.29, 1.82) is 0 Å². The summed E-state index contributed by atoms with van der Waals surface area (Å²) in [5.74, 6) is 1.82. The number of hydrogen-bond acceptors (Lipinski definition) is 3. The molecule has 0 aliphatic heterocycles. The van der Waals surface area contributed by atoms with Crippen LogP contribution < -0.4 is 5.76 Å². The first-order chi connectivity index (χ1) is 6.34. The summed E-state index contributed by atoms with van der Waals surface area (Å²) >= 11 is 0. The molecule has 0 unspecified atom stereocenters. The summed E-state index contributed by atoms with van der Waals surface area (Å²) in [4.78, 5) is 11.3. The highest BCUT2D eigenvalue weighted by molar-refractivity contribution is 5.04. The molecule has 4 heteroatoms. The normalized spacial score (nSPS) is 22.2. The minimum absolute atomic E-state index is 0.270. The highest BCUT2D eigenvalue weighted by Crippen LogP contribution is 2.39. The molecule has 13 heavy (non-hydrogen) atoms. The molecule has 0 spiro atoms. The predicted molar refractivity (Wildman–Crippen MR) is 45.5 cm³/mol. The quantitative estimate of drug-likeness (QED) is 0.700. The SMILES string of the molecule is O=c1onc(C2CC2)n1CC1CC1. The molecule has 2 aliphatic carbocycles. The van der Waals surface area contributed by atoms with Crippen LogP contribution in [0.15, 0.2) is 9.32 Å². The van der Waals surface area contributed by atoms with Gasteiger partial charge in [-0.05, 0) is 31.6 Å². The number of hydrogen-bond donors (Lipinski definition) is 0. The van der Waals surface area contributed by atoms with Gasteiger partial charge in [0.2, 0.25) is 0 Å². The maximum Gasteiger partial charge on any atom is 0.441 e. The fraction of sp³-hybridized carbons (Fsp3) is 0.778. The lowest BCUT2D eigenvalue weighted by Gasteiger charge is -1.99. The Hall–Kier alpha value is -1.06. The molecule has 2 aliphatic rings. The Morgan fingerprint density at radius 3 is 2.77 bits per heavy atom. The van der Waals surface area contributed by atoms with Crippen LogP contribution in [0.1, 0.15) is 37.4 Å². The summed E-state index contributed by atoms with van der Waals surface area (Å²) < 4.78 is 6.41.